The highest BCUT2D eigenvalue weighted by atomic mass is 16.3. The van der Waals surface area contributed by atoms with Gasteiger partial charge in [-0.2, -0.15) is 0 Å². The Morgan fingerprint density at radius 1 is 0.417 bits per heavy atom. The third-order valence-corrected chi connectivity index (χ3v) is 13.3. The van der Waals surface area contributed by atoms with Crippen LogP contribution in [0.15, 0.2) is 217 Å². The molecule has 60 heavy (non-hydrogen) atoms. The number of furan rings is 1. The van der Waals surface area contributed by atoms with E-state index in [1.54, 1.807) is 0 Å². The van der Waals surface area contributed by atoms with E-state index in [1.165, 1.54) is 66.8 Å². The molecule has 2 aliphatic carbocycles. The van der Waals surface area contributed by atoms with E-state index >= 15 is 0 Å². The molecule has 1 aromatic heterocycles. The van der Waals surface area contributed by atoms with Gasteiger partial charge < -0.3 is 9.32 Å². The number of hydrogen-bond donors (Lipinski definition) is 0. The average Bonchev–Trinajstić information content (AvgIpc) is 3.91. The molecule has 0 atom stereocenters. The van der Waals surface area contributed by atoms with Crippen molar-refractivity contribution in [2.45, 2.75) is 24.7 Å². The third-order valence-electron chi connectivity index (χ3n) is 13.3. The second kappa shape index (κ2) is 13.0. The van der Waals surface area contributed by atoms with Crippen LogP contribution in [0.1, 0.15) is 47.2 Å². The van der Waals surface area contributed by atoms with Gasteiger partial charge in [-0.15, -0.1) is 0 Å². The van der Waals surface area contributed by atoms with Crippen molar-refractivity contribution in [3.05, 3.63) is 246 Å². The van der Waals surface area contributed by atoms with Gasteiger partial charge in [-0.1, -0.05) is 184 Å². The van der Waals surface area contributed by atoms with Crippen LogP contribution in [0.25, 0.3) is 55.3 Å². The summed E-state index contributed by atoms with van der Waals surface area (Å²) >= 11 is 0. The van der Waals surface area contributed by atoms with Crippen molar-refractivity contribution in [2.24, 2.45) is 0 Å². The van der Waals surface area contributed by atoms with Crippen LogP contribution in [0, 0.1) is 0 Å². The molecule has 0 unspecified atom stereocenters. The summed E-state index contributed by atoms with van der Waals surface area (Å²) in [6, 6.07) is 77.9. The highest BCUT2D eigenvalue weighted by Crippen LogP contribution is 2.58. The van der Waals surface area contributed by atoms with Crippen LogP contribution in [0.4, 0.5) is 17.1 Å². The SMILES string of the molecule is CC1(C)c2cccc(N(c3ccc(C4(c5ccccc5)c5ccccc5-c5ccccc54)cc3)c3cccc(-c4ccccc4)c3)c2-c2ccc3c(oc4ccccc43)c21. The van der Waals surface area contributed by atoms with Crippen LogP contribution in [-0.4, -0.2) is 0 Å². The topological polar surface area (TPSA) is 16.4 Å². The lowest BCUT2D eigenvalue weighted by molar-refractivity contribution is 0.620. The second-order valence-electron chi connectivity index (χ2n) is 16.8. The molecule has 284 valence electrons. The summed E-state index contributed by atoms with van der Waals surface area (Å²) in [4.78, 5) is 2.47. The molecule has 0 amide bonds. The van der Waals surface area contributed by atoms with Crippen molar-refractivity contribution < 1.29 is 4.42 Å². The van der Waals surface area contributed by atoms with Crippen molar-refractivity contribution in [1.29, 1.82) is 0 Å². The largest absolute Gasteiger partial charge is 0.456 e. The van der Waals surface area contributed by atoms with Gasteiger partial charge in [0, 0.05) is 38.7 Å². The molecule has 0 radical (unpaired) electrons. The number of rotatable bonds is 6. The highest BCUT2D eigenvalue weighted by molar-refractivity contribution is 6.10. The van der Waals surface area contributed by atoms with Crippen LogP contribution in [0.2, 0.25) is 0 Å². The first-order valence-corrected chi connectivity index (χ1v) is 20.9. The molecule has 0 N–H and O–H groups in total. The first kappa shape index (κ1) is 34.6. The van der Waals surface area contributed by atoms with Gasteiger partial charge in [-0.3, -0.25) is 0 Å². The zero-order valence-corrected chi connectivity index (χ0v) is 33.6. The number of nitrogens with zero attached hydrogens (tertiary/aromatic N) is 1. The number of anilines is 3. The van der Waals surface area contributed by atoms with Gasteiger partial charge in [0.15, 0.2) is 0 Å². The molecular formula is C58H41NO. The number of fused-ring (bicyclic) bond motifs is 10. The molecule has 1 heterocycles. The van der Waals surface area contributed by atoms with Crippen molar-refractivity contribution in [1.82, 2.24) is 0 Å². The van der Waals surface area contributed by atoms with Crippen LogP contribution in [0.3, 0.4) is 0 Å². The maximum atomic E-state index is 6.74. The molecule has 0 spiro atoms. The third kappa shape index (κ3) is 4.82. The average molecular weight is 768 g/mol. The van der Waals surface area contributed by atoms with E-state index < -0.39 is 5.41 Å². The van der Waals surface area contributed by atoms with Crippen molar-refractivity contribution in [2.75, 3.05) is 4.90 Å². The lowest BCUT2D eigenvalue weighted by Crippen LogP contribution is -2.28. The minimum atomic E-state index is -0.472. The molecule has 0 fully saturated rings. The van der Waals surface area contributed by atoms with Crippen molar-refractivity contribution >= 4 is 39.0 Å². The monoisotopic (exact) mass is 767 g/mol. The van der Waals surface area contributed by atoms with Crippen LogP contribution in [-0.2, 0) is 10.8 Å². The maximum absolute atomic E-state index is 6.74. The van der Waals surface area contributed by atoms with Crippen molar-refractivity contribution in [3.63, 3.8) is 0 Å². The quantitative estimate of drug-likeness (QED) is 0.168. The molecule has 9 aromatic carbocycles. The van der Waals surface area contributed by atoms with E-state index in [0.29, 0.717) is 0 Å². The van der Waals surface area contributed by atoms with Gasteiger partial charge in [0.05, 0.1) is 11.1 Å². The summed E-state index contributed by atoms with van der Waals surface area (Å²) in [5.41, 5.74) is 19.6. The molecule has 2 nitrogen and oxygen atoms in total. The Morgan fingerprint density at radius 2 is 1.02 bits per heavy atom. The second-order valence-corrected chi connectivity index (χ2v) is 16.8. The van der Waals surface area contributed by atoms with E-state index in [9.17, 15) is 0 Å². The smallest absolute Gasteiger partial charge is 0.140 e. The van der Waals surface area contributed by atoms with Crippen LogP contribution in [0.5, 0.6) is 0 Å². The summed E-state index contributed by atoms with van der Waals surface area (Å²) in [6.45, 7) is 4.70. The Bertz CT molecular complexity index is 3240. The van der Waals surface area contributed by atoms with Gasteiger partial charge in [0.25, 0.3) is 0 Å². The Labute approximate surface area is 350 Å². The zero-order chi connectivity index (χ0) is 40.0. The summed E-state index contributed by atoms with van der Waals surface area (Å²) in [5.74, 6) is 0. The summed E-state index contributed by atoms with van der Waals surface area (Å²) in [5, 5.41) is 2.32. The highest BCUT2D eigenvalue weighted by Gasteiger charge is 2.46. The van der Waals surface area contributed by atoms with E-state index in [-0.39, 0.29) is 5.41 Å². The molecule has 12 rings (SSSR count). The summed E-state index contributed by atoms with van der Waals surface area (Å²) in [7, 11) is 0. The van der Waals surface area contributed by atoms with Gasteiger partial charge in [0.2, 0.25) is 0 Å². The fourth-order valence-electron chi connectivity index (χ4n) is 10.7. The Kier molecular flexibility index (Phi) is 7.52. The maximum Gasteiger partial charge on any atom is 0.140 e. The number of benzene rings is 9. The Balaban J connectivity index is 1.09. The number of para-hydroxylation sites is 1. The molecule has 10 aromatic rings. The fourth-order valence-corrected chi connectivity index (χ4v) is 10.7. The van der Waals surface area contributed by atoms with E-state index in [2.05, 4.69) is 231 Å². The Morgan fingerprint density at radius 3 is 1.77 bits per heavy atom. The Hall–Kier alpha value is -7.42. The standard InChI is InChI=1S/C58H41NO/c1-57(2)51-28-16-29-52(54(51)48-36-35-47-46-25-11-14-30-53(46)60-56(47)55(48)57)59(43-22-15-19-39(37-43)38-17-5-3-6-18-38)42-33-31-41(32-34-42)58(40-20-7-4-8-21-40)49-26-12-9-23-44(49)45-24-10-13-27-50(45)58/h3-37H,1-2H3. The van der Waals surface area contributed by atoms with Gasteiger partial charge >= 0.3 is 0 Å². The van der Waals surface area contributed by atoms with E-state index in [0.717, 1.165) is 39.0 Å². The number of hydrogen-bond acceptors (Lipinski definition) is 2. The molecule has 0 saturated heterocycles. The first-order chi connectivity index (χ1) is 29.5. The molecular weight excluding hydrogens is 727 g/mol. The van der Waals surface area contributed by atoms with Gasteiger partial charge in [-0.05, 0) is 98.1 Å². The lowest BCUT2D eigenvalue weighted by Gasteiger charge is -2.34. The van der Waals surface area contributed by atoms with E-state index in [4.69, 9.17) is 4.42 Å². The van der Waals surface area contributed by atoms with E-state index in [1.807, 2.05) is 0 Å². The molecule has 2 heteroatoms. The van der Waals surface area contributed by atoms with Crippen LogP contribution >= 0.6 is 0 Å². The van der Waals surface area contributed by atoms with Gasteiger partial charge in [-0.25, -0.2) is 0 Å². The summed E-state index contributed by atoms with van der Waals surface area (Å²) < 4.78 is 6.74. The van der Waals surface area contributed by atoms with Crippen LogP contribution < -0.4 is 4.90 Å². The van der Waals surface area contributed by atoms with Gasteiger partial charge in [0.1, 0.15) is 11.2 Å². The normalized spacial score (nSPS) is 14.1. The molecule has 0 bridgehead atoms. The lowest BCUT2D eigenvalue weighted by atomic mass is 9.68. The zero-order valence-electron chi connectivity index (χ0n) is 33.6. The summed E-state index contributed by atoms with van der Waals surface area (Å²) in [6.07, 6.45) is 0. The molecule has 0 saturated carbocycles. The minimum Gasteiger partial charge on any atom is -0.456 e. The molecule has 2 aliphatic rings. The fraction of sp³-hybridized carbons (Fsp3) is 0.0690. The van der Waals surface area contributed by atoms with Crippen molar-refractivity contribution in [3.8, 4) is 33.4 Å². The predicted octanol–water partition coefficient (Wildman–Crippen LogP) is 15.4. The minimum absolute atomic E-state index is 0.291. The molecule has 0 aliphatic heterocycles. The predicted molar refractivity (Wildman–Crippen MR) is 249 cm³/mol. The first-order valence-electron chi connectivity index (χ1n) is 20.9.